The summed E-state index contributed by atoms with van der Waals surface area (Å²) in [5, 5.41) is 0. The third-order valence-corrected chi connectivity index (χ3v) is 6.73. The van der Waals surface area contributed by atoms with Crippen LogP contribution in [0.15, 0.2) is 16.3 Å². The molecule has 7 heteroatoms. The summed E-state index contributed by atoms with van der Waals surface area (Å²) in [5.41, 5.74) is 5.48. The number of sulfonamides is 1. The minimum absolute atomic E-state index is 0.395. The van der Waals surface area contributed by atoms with Crippen LogP contribution in [0, 0.1) is 5.92 Å². The molecule has 1 aromatic rings. The molecule has 114 valence electrons. The van der Waals surface area contributed by atoms with Crippen molar-refractivity contribution in [3.05, 3.63) is 17.0 Å². The SMILES string of the molecule is CCN1CCC(CNS(=O)(=O)c2ccc(CCN)s2)C1. The molecule has 1 aliphatic rings. The zero-order chi connectivity index (χ0) is 14.6. The number of nitrogens with zero attached hydrogens (tertiary/aromatic N) is 1. The molecule has 0 saturated carbocycles. The summed E-state index contributed by atoms with van der Waals surface area (Å²) in [6.07, 6.45) is 1.80. The zero-order valence-electron chi connectivity index (χ0n) is 11.8. The van der Waals surface area contributed by atoms with Crippen LogP contribution in [-0.2, 0) is 16.4 Å². The molecule has 0 aromatic carbocycles. The van der Waals surface area contributed by atoms with Crippen molar-refractivity contribution in [2.75, 3.05) is 32.7 Å². The van der Waals surface area contributed by atoms with E-state index >= 15 is 0 Å². The molecule has 0 amide bonds. The second kappa shape index (κ2) is 7.00. The molecule has 1 aliphatic heterocycles. The summed E-state index contributed by atoms with van der Waals surface area (Å²) < 4.78 is 27.6. The number of thiophene rings is 1. The third kappa shape index (κ3) is 4.02. The van der Waals surface area contributed by atoms with E-state index in [0.717, 1.165) is 37.4 Å². The van der Waals surface area contributed by atoms with E-state index in [4.69, 9.17) is 5.73 Å². The predicted molar refractivity (Wildman–Crippen MR) is 82.5 cm³/mol. The number of hydrogen-bond acceptors (Lipinski definition) is 5. The number of hydrogen-bond donors (Lipinski definition) is 2. The van der Waals surface area contributed by atoms with Gasteiger partial charge in [-0.05, 0) is 50.5 Å². The van der Waals surface area contributed by atoms with Crippen LogP contribution < -0.4 is 10.5 Å². The molecule has 1 unspecified atom stereocenters. The summed E-state index contributed by atoms with van der Waals surface area (Å²) >= 11 is 1.31. The van der Waals surface area contributed by atoms with Gasteiger partial charge < -0.3 is 10.6 Å². The van der Waals surface area contributed by atoms with Crippen LogP contribution in [0.25, 0.3) is 0 Å². The smallest absolute Gasteiger partial charge is 0.250 e. The highest BCUT2D eigenvalue weighted by Gasteiger charge is 2.24. The molecular weight excluding hydrogens is 294 g/mol. The van der Waals surface area contributed by atoms with E-state index in [1.165, 1.54) is 11.3 Å². The Balaban J connectivity index is 1.90. The maximum absolute atomic E-state index is 12.2. The van der Waals surface area contributed by atoms with Gasteiger partial charge in [-0.1, -0.05) is 6.92 Å². The van der Waals surface area contributed by atoms with Gasteiger partial charge in [0.05, 0.1) is 0 Å². The molecule has 0 spiro atoms. The van der Waals surface area contributed by atoms with Crippen molar-refractivity contribution in [1.29, 1.82) is 0 Å². The molecule has 2 heterocycles. The Morgan fingerprint density at radius 1 is 1.50 bits per heavy atom. The van der Waals surface area contributed by atoms with Gasteiger partial charge in [0.15, 0.2) is 0 Å². The lowest BCUT2D eigenvalue weighted by atomic mass is 10.1. The molecule has 0 radical (unpaired) electrons. The van der Waals surface area contributed by atoms with Crippen molar-refractivity contribution in [1.82, 2.24) is 9.62 Å². The van der Waals surface area contributed by atoms with Crippen molar-refractivity contribution in [2.24, 2.45) is 11.7 Å². The van der Waals surface area contributed by atoms with E-state index in [0.29, 0.717) is 23.2 Å². The predicted octanol–water partition coefficient (Wildman–Crippen LogP) is 0.869. The van der Waals surface area contributed by atoms with Crippen LogP contribution in [0.2, 0.25) is 0 Å². The Morgan fingerprint density at radius 2 is 2.30 bits per heavy atom. The lowest BCUT2D eigenvalue weighted by Crippen LogP contribution is -2.30. The van der Waals surface area contributed by atoms with Crippen LogP contribution in [0.4, 0.5) is 0 Å². The first-order chi connectivity index (χ1) is 9.55. The lowest BCUT2D eigenvalue weighted by Gasteiger charge is -2.13. The maximum Gasteiger partial charge on any atom is 0.250 e. The van der Waals surface area contributed by atoms with Crippen LogP contribution in [0.1, 0.15) is 18.2 Å². The fourth-order valence-corrected chi connectivity index (χ4v) is 4.98. The van der Waals surface area contributed by atoms with E-state index in [1.807, 2.05) is 6.07 Å². The van der Waals surface area contributed by atoms with Gasteiger partial charge in [-0.25, -0.2) is 13.1 Å². The second-order valence-corrected chi connectivity index (χ2v) is 8.32. The number of rotatable bonds is 7. The molecule has 5 nitrogen and oxygen atoms in total. The fraction of sp³-hybridized carbons (Fsp3) is 0.692. The zero-order valence-corrected chi connectivity index (χ0v) is 13.5. The molecule has 0 aliphatic carbocycles. The summed E-state index contributed by atoms with van der Waals surface area (Å²) in [6, 6.07) is 3.52. The number of likely N-dealkylation sites (tertiary alicyclic amines) is 1. The van der Waals surface area contributed by atoms with E-state index in [1.54, 1.807) is 6.07 Å². The van der Waals surface area contributed by atoms with Gasteiger partial charge in [0, 0.05) is 18.0 Å². The van der Waals surface area contributed by atoms with Crippen LogP contribution in [0.5, 0.6) is 0 Å². The van der Waals surface area contributed by atoms with Crippen molar-refractivity contribution in [3.8, 4) is 0 Å². The summed E-state index contributed by atoms with van der Waals surface area (Å²) in [6.45, 7) is 6.31. The first-order valence-corrected chi connectivity index (χ1v) is 9.36. The lowest BCUT2D eigenvalue weighted by molar-refractivity contribution is 0.342. The van der Waals surface area contributed by atoms with Gasteiger partial charge in [0.2, 0.25) is 10.0 Å². The first-order valence-electron chi connectivity index (χ1n) is 7.06. The maximum atomic E-state index is 12.2. The quantitative estimate of drug-likeness (QED) is 0.782. The Kier molecular flexibility index (Phi) is 5.57. The molecule has 0 bridgehead atoms. The highest BCUT2D eigenvalue weighted by Crippen LogP contribution is 2.22. The minimum Gasteiger partial charge on any atom is -0.330 e. The topological polar surface area (TPSA) is 75.4 Å². The average molecular weight is 317 g/mol. The third-order valence-electron chi connectivity index (χ3n) is 3.67. The Labute approximate surface area is 125 Å². The van der Waals surface area contributed by atoms with E-state index in [-0.39, 0.29) is 0 Å². The Bertz CT molecular complexity index is 527. The largest absolute Gasteiger partial charge is 0.330 e. The standard InChI is InChI=1S/C13H23N3O2S2/c1-2-16-8-6-11(10-16)9-15-20(17,18)13-4-3-12(19-13)5-7-14/h3-4,11,15H,2,5-10,14H2,1H3. The number of nitrogens with one attached hydrogen (secondary N) is 1. The van der Waals surface area contributed by atoms with Gasteiger partial charge in [0.25, 0.3) is 0 Å². The monoisotopic (exact) mass is 317 g/mol. The van der Waals surface area contributed by atoms with Gasteiger partial charge in [-0.2, -0.15) is 0 Å². The molecule has 1 atom stereocenters. The molecule has 1 aromatic heterocycles. The van der Waals surface area contributed by atoms with Crippen molar-refractivity contribution in [2.45, 2.75) is 24.0 Å². The molecule has 3 N–H and O–H groups in total. The first kappa shape index (κ1) is 15.9. The van der Waals surface area contributed by atoms with Gasteiger partial charge in [-0.3, -0.25) is 0 Å². The van der Waals surface area contributed by atoms with Crippen molar-refractivity contribution >= 4 is 21.4 Å². The Hall–Kier alpha value is -0.470. The summed E-state index contributed by atoms with van der Waals surface area (Å²) in [5.74, 6) is 0.424. The molecular formula is C13H23N3O2S2. The van der Waals surface area contributed by atoms with Gasteiger partial charge in [0.1, 0.15) is 4.21 Å². The van der Waals surface area contributed by atoms with Gasteiger partial charge in [-0.15, -0.1) is 11.3 Å². The normalized spacial score (nSPS) is 20.6. The summed E-state index contributed by atoms with van der Waals surface area (Å²) in [7, 11) is -3.36. The highest BCUT2D eigenvalue weighted by molar-refractivity contribution is 7.91. The molecule has 2 rings (SSSR count). The van der Waals surface area contributed by atoms with E-state index in [9.17, 15) is 8.42 Å². The second-order valence-electron chi connectivity index (χ2n) is 5.16. The molecule has 1 fully saturated rings. The van der Waals surface area contributed by atoms with Crippen molar-refractivity contribution in [3.63, 3.8) is 0 Å². The Morgan fingerprint density at radius 3 is 2.95 bits per heavy atom. The van der Waals surface area contributed by atoms with E-state index < -0.39 is 10.0 Å². The summed E-state index contributed by atoms with van der Waals surface area (Å²) in [4.78, 5) is 3.37. The van der Waals surface area contributed by atoms with E-state index in [2.05, 4.69) is 16.5 Å². The number of nitrogens with two attached hydrogens (primary N) is 1. The highest BCUT2D eigenvalue weighted by atomic mass is 32.2. The minimum atomic E-state index is -3.36. The van der Waals surface area contributed by atoms with Crippen LogP contribution in [-0.4, -0.2) is 46.0 Å². The fourth-order valence-electron chi connectivity index (χ4n) is 2.44. The van der Waals surface area contributed by atoms with Gasteiger partial charge >= 0.3 is 0 Å². The molecule has 1 saturated heterocycles. The van der Waals surface area contributed by atoms with Crippen LogP contribution in [0.3, 0.4) is 0 Å². The van der Waals surface area contributed by atoms with Crippen LogP contribution >= 0.6 is 11.3 Å². The average Bonchev–Trinajstić information content (AvgIpc) is 3.06. The molecule has 20 heavy (non-hydrogen) atoms. The van der Waals surface area contributed by atoms with Crippen molar-refractivity contribution < 1.29 is 8.42 Å².